The summed E-state index contributed by atoms with van der Waals surface area (Å²) in [5.41, 5.74) is 1.28. The first-order valence-electron chi connectivity index (χ1n) is 8.68. The lowest BCUT2D eigenvalue weighted by Gasteiger charge is -2.15. The molecule has 0 radical (unpaired) electrons. The van der Waals surface area contributed by atoms with Crippen molar-refractivity contribution in [2.24, 2.45) is 0 Å². The Morgan fingerprint density at radius 3 is 2.80 bits per heavy atom. The van der Waals surface area contributed by atoms with Crippen LogP contribution in [-0.2, 0) is 28.9 Å². The van der Waals surface area contributed by atoms with Gasteiger partial charge in [0, 0.05) is 11.9 Å². The summed E-state index contributed by atoms with van der Waals surface area (Å²) in [5, 5.41) is 0. The average molecular weight is 361 g/mol. The molecular weight excluding hydrogens is 338 g/mol. The van der Waals surface area contributed by atoms with Gasteiger partial charge in [0.25, 0.3) is 5.91 Å². The standard InChI is InChI=1S/C19H23NO4S/c1-20(12-15-8-6-10-23-15)18(21)13-24-19(22)17-11-14-7-4-2-3-5-9-16(14)25-17/h6,8,10-11H,2-5,7,9,12-13H2,1H3. The van der Waals surface area contributed by atoms with E-state index >= 15 is 0 Å². The number of furan rings is 1. The molecule has 6 heteroatoms. The van der Waals surface area contributed by atoms with E-state index in [1.165, 1.54) is 52.4 Å². The maximum Gasteiger partial charge on any atom is 0.348 e. The topological polar surface area (TPSA) is 59.8 Å². The Labute approximate surface area is 151 Å². The number of thiophene rings is 1. The summed E-state index contributed by atoms with van der Waals surface area (Å²) in [7, 11) is 1.66. The number of fused-ring (bicyclic) bond motifs is 1. The molecule has 0 unspecified atom stereocenters. The van der Waals surface area contributed by atoms with E-state index in [4.69, 9.17) is 9.15 Å². The number of nitrogens with zero attached hydrogens (tertiary/aromatic N) is 1. The Hall–Kier alpha value is -2.08. The third-order valence-corrected chi connectivity index (χ3v) is 5.64. The summed E-state index contributed by atoms with van der Waals surface area (Å²) in [5.74, 6) is 0.0383. The molecule has 2 aromatic rings. The molecule has 1 aliphatic carbocycles. The molecule has 134 valence electrons. The van der Waals surface area contributed by atoms with Crippen molar-refractivity contribution in [1.29, 1.82) is 0 Å². The number of hydrogen-bond acceptors (Lipinski definition) is 5. The molecule has 2 heterocycles. The van der Waals surface area contributed by atoms with Crippen molar-refractivity contribution in [1.82, 2.24) is 4.90 Å². The van der Waals surface area contributed by atoms with Gasteiger partial charge in [0.05, 0.1) is 12.8 Å². The minimum absolute atomic E-state index is 0.250. The van der Waals surface area contributed by atoms with Crippen molar-refractivity contribution in [3.05, 3.63) is 45.5 Å². The highest BCUT2D eigenvalue weighted by atomic mass is 32.1. The summed E-state index contributed by atoms with van der Waals surface area (Å²) in [6.45, 7) is 0.106. The quantitative estimate of drug-likeness (QED) is 0.760. The van der Waals surface area contributed by atoms with E-state index in [-0.39, 0.29) is 12.5 Å². The monoisotopic (exact) mass is 361 g/mol. The molecule has 0 saturated heterocycles. The molecular formula is C19H23NO4S. The molecule has 2 aromatic heterocycles. The van der Waals surface area contributed by atoms with Crippen LogP contribution in [0.15, 0.2) is 28.9 Å². The van der Waals surface area contributed by atoms with Crippen molar-refractivity contribution in [3.8, 4) is 0 Å². The molecule has 0 bridgehead atoms. The molecule has 3 rings (SSSR count). The summed E-state index contributed by atoms with van der Waals surface area (Å²) in [4.78, 5) is 27.8. The van der Waals surface area contributed by atoms with Crippen molar-refractivity contribution in [2.75, 3.05) is 13.7 Å². The molecule has 0 spiro atoms. The molecule has 0 saturated carbocycles. The van der Waals surface area contributed by atoms with E-state index in [2.05, 4.69) is 0 Å². The largest absolute Gasteiger partial charge is 0.467 e. The van der Waals surface area contributed by atoms with Gasteiger partial charge >= 0.3 is 5.97 Å². The second kappa shape index (κ2) is 8.34. The van der Waals surface area contributed by atoms with Gasteiger partial charge in [-0.25, -0.2) is 4.79 Å². The second-order valence-corrected chi connectivity index (χ2v) is 7.52. The fourth-order valence-corrected chi connectivity index (χ4v) is 4.13. The molecule has 0 atom stereocenters. The predicted molar refractivity (Wildman–Crippen MR) is 95.7 cm³/mol. The Morgan fingerprint density at radius 1 is 1.24 bits per heavy atom. The van der Waals surface area contributed by atoms with Gasteiger partial charge in [0.2, 0.25) is 0 Å². The van der Waals surface area contributed by atoms with Crippen LogP contribution in [-0.4, -0.2) is 30.4 Å². The molecule has 0 aromatic carbocycles. The van der Waals surface area contributed by atoms with Gasteiger partial charge in [-0.15, -0.1) is 11.3 Å². The van der Waals surface area contributed by atoms with Crippen LogP contribution in [0.25, 0.3) is 0 Å². The Bertz CT molecular complexity index is 694. The predicted octanol–water partition coefficient (Wildman–Crippen LogP) is 3.82. The third-order valence-electron chi connectivity index (χ3n) is 4.42. The highest BCUT2D eigenvalue weighted by Crippen LogP contribution is 2.28. The lowest BCUT2D eigenvalue weighted by molar-refractivity contribution is -0.133. The molecule has 25 heavy (non-hydrogen) atoms. The van der Waals surface area contributed by atoms with Crippen LogP contribution in [0.2, 0.25) is 0 Å². The molecule has 0 fully saturated rings. The maximum absolute atomic E-state index is 12.3. The van der Waals surface area contributed by atoms with Crippen molar-refractivity contribution in [3.63, 3.8) is 0 Å². The first-order chi connectivity index (χ1) is 12.1. The zero-order valence-electron chi connectivity index (χ0n) is 14.5. The summed E-state index contributed by atoms with van der Waals surface area (Å²) < 4.78 is 10.4. The number of esters is 1. The molecule has 1 amide bonds. The molecule has 0 aliphatic heterocycles. The summed E-state index contributed by atoms with van der Waals surface area (Å²) in [6.07, 6.45) is 8.50. The average Bonchev–Trinajstić information content (AvgIpc) is 3.22. The van der Waals surface area contributed by atoms with E-state index in [0.717, 1.165) is 12.8 Å². The van der Waals surface area contributed by atoms with Crippen LogP contribution in [0.4, 0.5) is 0 Å². The molecule has 5 nitrogen and oxygen atoms in total. The van der Waals surface area contributed by atoms with Crippen molar-refractivity contribution >= 4 is 23.2 Å². The van der Waals surface area contributed by atoms with E-state index in [0.29, 0.717) is 17.2 Å². The first-order valence-corrected chi connectivity index (χ1v) is 9.50. The third kappa shape index (κ3) is 4.72. The first kappa shape index (κ1) is 17.7. The maximum atomic E-state index is 12.3. The number of carbonyl (C=O) groups excluding carboxylic acids is 2. The Morgan fingerprint density at radius 2 is 2.04 bits per heavy atom. The van der Waals surface area contributed by atoms with Crippen molar-refractivity contribution in [2.45, 2.75) is 45.1 Å². The van der Waals surface area contributed by atoms with E-state index in [1.54, 1.807) is 25.4 Å². The van der Waals surface area contributed by atoms with Gasteiger partial charge in [-0.3, -0.25) is 4.79 Å². The van der Waals surface area contributed by atoms with Gasteiger partial charge in [-0.2, -0.15) is 0 Å². The number of likely N-dealkylation sites (N-methyl/N-ethyl adjacent to an activating group) is 1. The summed E-state index contributed by atoms with van der Waals surface area (Å²) in [6, 6.07) is 5.53. The second-order valence-electron chi connectivity index (χ2n) is 6.38. The zero-order valence-corrected chi connectivity index (χ0v) is 15.3. The van der Waals surface area contributed by atoms with Crippen LogP contribution < -0.4 is 0 Å². The Balaban J connectivity index is 1.53. The molecule has 0 N–H and O–H groups in total. The van der Waals surface area contributed by atoms with E-state index in [1.807, 2.05) is 6.07 Å². The van der Waals surface area contributed by atoms with Crippen molar-refractivity contribution < 1.29 is 18.7 Å². The van der Waals surface area contributed by atoms with Gasteiger partial charge in [0.1, 0.15) is 10.6 Å². The SMILES string of the molecule is CN(Cc1ccco1)C(=O)COC(=O)c1cc2c(s1)CCCCCC2. The highest BCUT2D eigenvalue weighted by molar-refractivity contribution is 7.14. The van der Waals surface area contributed by atoms with Gasteiger partial charge in [0.15, 0.2) is 6.61 Å². The lowest BCUT2D eigenvalue weighted by atomic mass is 10.00. The van der Waals surface area contributed by atoms with E-state index in [9.17, 15) is 9.59 Å². The van der Waals surface area contributed by atoms with Crippen LogP contribution in [0, 0.1) is 0 Å². The van der Waals surface area contributed by atoms with Crippen LogP contribution >= 0.6 is 11.3 Å². The number of ether oxygens (including phenoxy) is 1. The van der Waals surface area contributed by atoms with Crippen LogP contribution in [0.3, 0.4) is 0 Å². The van der Waals surface area contributed by atoms with Gasteiger partial charge < -0.3 is 14.1 Å². The minimum atomic E-state index is -0.406. The molecule has 1 aliphatic rings. The van der Waals surface area contributed by atoms with Gasteiger partial charge in [-0.05, 0) is 49.4 Å². The van der Waals surface area contributed by atoms with Crippen LogP contribution in [0.5, 0.6) is 0 Å². The lowest BCUT2D eigenvalue weighted by Crippen LogP contribution is -2.30. The van der Waals surface area contributed by atoms with Gasteiger partial charge in [-0.1, -0.05) is 12.8 Å². The number of hydrogen-bond donors (Lipinski definition) is 0. The highest BCUT2D eigenvalue weighted by Gasteiger charge is 2.19. The normalized spacial score (nSPS) is 14.3. The number of amides is 1. The van der Waals surface area contributed by atoms with Crippen LogP contribution in [0.1, 0.15) is 51.6 Å². The number of carbonyl (C=O) groups is 2. The number of rotatable bonds is 5. The fraction of sp³-hybridized carbons (Fsp3) is 0.474. The Kier molecular flexibility index (Phi) is 5.91. The summed E-state index contributed by atoms with van der Waals surface area (Å²) >= 11 is 1.52. The minimum Gasteiger partial charge on any atom is -0.467 e. The number of aryl methyl sites for hydroxylation is 2. The zero-order chi connectivity index (χ0) is 17.6. The smallest absolute Gasteiger partial charge is 0.348 e. The van der Waals surface area contributed by atoms with E-state index < -0.39 is 5.97 Å². The fourth-order valence-electron chi connectivity index (χ4n) is 2.98.